The molecular formula is C18H25N7O3S. The van der Waals surface area contributed by atoms with Crippen LogP contribution in [0.2, 0.25) is 0 Å². The van der Waals surface area contributed by atoms with Crippen LogP contribution in [0.5, 0.6) is 0 Å². The zero-order chi connectivity index (χ0) is 20.9. The van der Waals surface area contributed by atoms with Crippen LogP contribution in [0, 0.1) is 5.92 Å². The number of hydrogen-bond acceptors (Lipinski definition) is 7. The number of aromatic nitrogens is 5. The van der Waals surface area contributed by atoms with Crippen LogP contribution < -0.4 is 16.2 Å². The summed E-state index contributed by atoms with van der Waals surface area (Å²) in [4.78, 5) is 14.9. The van der Waals surface area contributed by atoms with Crippen LogP contribution in [-0.4, -0.2) is 57.6 Å². The Bertz CT molecular complexity index is 1220. The number of anilines is 2. The molecule has 0 aromatic carbocycles. The van der Waals surface area contributed by atoms with Gasteiger partial charge in [-0.15, -0.1) is 0 Å². The van der Waals surface area contributed by atoms with Gasteiger partial charge in [-0.1, -0.05) is 13.8 Å². The molecule has 1 aliphatic rings. The summed E-state index contributed by atoms with van der Waals surface area (Å²) >= 11 is 0. The molecule has 10 nitrogen and oxygen atoms in total. The standard InChI is InChI=1S/C18H25N7O3S/c1-11(2)9-25-10-12(16-15(18(25)26)17(19)21-20-16)13-8-14(23(3)22-13)24-4-6-29(27,28)7-5-24/h8,10-11H,4-7,9H2,1-3H3,(H3,19,20,21). The summed E-state index contributed by atoms with van der Waals surface area (Å²) < 4.78 is 26.9. The van der Waals surface area contributed by atoms with Gasteiger partial charge >= 0.3 is 0 Å². The van der Waals surface area contributed by atoms with Crippen molar-refractivity contribution >= 4 is 32.4 Å². The number of nitrogens with one attached hydrogen (secondary N) is 1. The maximum Gasteiger partial charge on any atom is 0.263 e. The minimum atomic E-state index is -2.97. The van der Waals surface area contributed by atoms with E-state index in [9.17, 15) is 13.2 Å². The van der Waals surface area contributed by atoms with Crippen molar-refractivity contribution in [3.63, 3.8) is 0 Å². The van der Waals surface area contributed by atoms with E-state index in [1.54, 1.807) is 15.4 Å². The third-order valence-electron chi connectivity index (χ3n) is 5.18. The first-order valence-electron chi connectivity index (χ1n) is 9.53. The number of fused-ring (bicyclic) bond motifs is 1. The van der Waals surface area contributed by atoms with E-state index >= 15 is 0 Å². The first-order valence-corrected chi connectivity index (χ1v) is 11.3. The fourth-order valence-electron chi connectivity index (χ4n) is 3.74. The van der Waals surface area contributed by atoms with Crippen molar-refractivity contribution in [2.75, 3.05) is 35.2 Å². The quantitative estimate of drug-likeness (QED) is 0.633. The Morgan fingerprint density at radius 1 is 1.28 bits per heavy atom. The van der Waals surface area contributed by atoms with E-state index < -0.39 is 9.84 Å². The molecular weight excluding hydrogens is 394 g/mol. The summed E-state index contributed by atoms with van der Waals surface area (Å²) in [7, 11) is -1.14. The molecule has 0 aliphatic carbocycles. The van der Waals surface area contributed by atoms with E-state index in [2.05, 4.69) is 15.3 Å². The highest BCUT2D eigenvalue weighted by molar-refractivity contribution is 7.91. The molecule has 156 valence electrons. The number of aryl methyl sites for hydroxylation is 1. The smallest absolute Gasteiger partial charge is 0.263 e. The molecule has 3 aromatic heterocycles. The highest BCUT2D eigenvalue weighted by Crippen LogP contribution is 2.30. The number of hydrogen-bond donors (Lipinski definition) is 2. The molecule has 4 heterocycles. The summed E-state index contributed by atoms with van der Waals surface area (Å²) in [6.07, 6.45) is 1.79. The van der Waals surface area contributed by atoms with Gasteiger partial charge in [0.25, 0.3) is 5.56 Å². The number of rotatable bonds is 4. The van der Waals surface area contributed by atoms with E-state index in [1.807, 2.05) is 31.9 Å². The molecule has 0 radical (unpaired) electrons. The fourth-order valence-corrected chi connectivity index (χ4v) is 4.94. The third-order valence-corrected chi connectivity index (χ3v) is 6.79. The van der Waals surface area contributed by atoms with Crippen molar-refractivity contribution in [3.8, 4) is 11.3 Å². The topological polar surface area (TPSA) is 132 Å². The Morgan fingerprint density at radius 3 is 2.62 bits per heavy atom. The molecule has 29 heavy (non-hydrogen) atoms. The molecule has 0 amide bonds. The molecule has 0 atom stereocenters. The lowest BCUT2D eigenvalue weighted by Gasteiger charge is -2.28. The molecule has 1 aliphatic heterocycles. The Labute approximate surface area is 168 Å². The molecule has 4 rings (SSSR count). The van der Waals surface area contributed by atoms with E-state index in [0.717, 1.165) is 11.4 Å². The van der Waals surface area contributed by atoms with Crippen LogP contribution in [0.3, 0.4) is 0 Å². The Hall–Kier alpha value is -2.82. The van der Waals surface area contributed by atoms with Gasteiger partial charge in [-0.25, -0.2) is 8.42 Å². The van der Waals surface area contributed by atoms with Gasteiger partial charge in [0.05, 0.1) is 22.7 Å². The first-order chi connectivity index (χ1) is 13.7. The monoisotopic (exact) mass is 419 g/mol. The van der Waals surface area contributed by atoms with Gasteiger partial charge in [0, 0.05) is 44.5 Å². The number of H-pyrrole nitrogens is 1. The molecule has 11 heteroatoms. The van der Waals surface area contributed by atoms with Gasteiger partial charge in [-0.3, -0.25) is 14.6 Å². The predicted octanol–water partition coefficient (Wildman–Crippen LogP) is 0.598. The lowest BCUT2D eigenvalue weighted by Crippen LogP contribution is -2.41. The Balaban J connectivity index is 1.81. The Morgan fingerprint density at radius 2 is 1.97 bits per heavy atom. The summed E-state index contributed by atoms with van der Waals surface area (Å²) in [6, 6.07) is 1.91. The molecule has 1 saturated heterocycles. The maximum absolute atomic E-state index is 12.8. The van der Waals surface area contributed by atoms with Gasteiger partial charge in [0.15, 0.2) is 15.7 Å². The second-order valence-corrected chi connectivity index (χ2v) is 10.2. The van der Waals surface area contributed by atoms with Gasteiger partial charge in [-0.05, 0) is 5.92 Å². The van der Waals surface area contributed by atoms with Crippen LogP contribution in [-0.2, 0) is 23.4 Å². The average molecular weight is 420 g/mol. The highest BCUT2D eigenvalue weighted by Gasteiger charge is 2.25. The molecule has 3 aromatic rings. The predicted molar refractivity (Wildman–Crippen MR) is 113 cm³/mol. The van der Waals surface area contributed by atoms with Crippen LogP contribution in [0.25, 0.3) is 22.2 Å². The van der Waals surface area contributed by atoms with Crippen molar-refractivity contribution in [2.24, 2.45) is 13.0 Å². The van der Waals surface area contributed by atoms with E-state index in [1.165, 1.54) is 0 Å². The summed E-state index contributed by atoms with van der Waals surface area (Å²) in [5, 5.41) is 11.9. The Kier molecular flexibility index (Phi) is 4.64. The average Bonchev–Trinajstić information content (AvgIpc) is 3.21. The second kappa shape index (κ2) is 6.90. The van der Waals surface area contributed by atoms with Crippen LogP contribution >= 0.6 is 0 Å². The molecule has 0 bridgehead atoms. The fraction of sp³-hybridized carbons (Fsp3) is 0.500. The summed E-state index contributed by atoms with van der Waals surface area (Å²) in [5.41, 5.74) is 7.73. The zero-order valence-corrected chi connectivity index (χ0v) is 17.5. The maximum atomic E-state index is 12.8. The van der Waals surface area contributed by atoms with E-state index in [0.29, 0.717) is 36.2 Å². The second-order valence-electron chi connectivity index (χ2n) is 7.90. The van der Waals surface area contributed by atoms with Crippen molar-refractivity contribution in [1.82, 2.24) is 24.5 Å². The number of nitrogens with zero attached hydrogens (tertiary/aromatic N) is 5. The van der Waals surface area contributed by atoms with Crippen LogP contribution in [0.4, 0.5) is 11.6 Å². The number of nitrogens with two attached hydrogens (primary N) is 1. The number of pyridine rings is 1. The lowest BCUT2D eigenvalue weighted by atomic mass is 10.1. The van der Waals surface area contributed by atoms with Crippen LogP contribution in [0.1, 0.15) is 13.8 Å². The third kappa shape index (κ3) is 3.50. The van der Waals surface area contributed by atoms with Crippen molar-refractivity contribution in [3.05, 3.63) is 22.6 Å². The number of sulfone groups is 1. The van der Waals surface area contributed by atoms with Gasteiger partial charge in [-0.2, -0.15) is 10.2 Å². The van der Waals surface area contributed by atoms with Crippen molar-refractivity contribution in [1.29, 1.82) is 0 Å². The molecule has 0 saturated carbocycles. The number of nitrogen functional groups attached to an aromatic ring is 1. The van der Waals surface area contributed by atoms with E-state index in [-0.39, 0.29) is 28.8 Å². The van der Waals surface area contributed by atoms with Crippen molar-refractivity contribution in [2.45, 2.75) is 20.4 Å². The molecule has 1 fully saturated rings. The largest absolute Gasteiger partial charge is 0.382 e. The number of aromatic amines is 1. The SMILES string of the molecule is CC(C)Cn1cc(-c2cc(N3CCS(=O)(=O)CC3)n(C)n2)c2[nH]nc(N)c2c1=O. The zero-order valence-electron chi connectivity index (χ0n) is 16.7. The van der Waals surface area contributed by atoms with Gasteiger partial charge < -0.3 is 15.2 Å². The highest BCUT2D eigenvalue weighted by atomic mass is 32.2. The first kappa shape index (κ1) is 19.5. The van der Waals surface area contributed by atoms with Gasteiger partial charge in [0.2, 0.25) is 0 Å². The lowest BCUT2D eigenvalue weighted by molar-refractivity contribution is 0.514. The molecule has 3 N–H and O–H groups in total. The minimum absolute atomic E-state index is 0.133. The van der Waals surface area contributed by atoms with Crippen LogP contribution in [0.15, 0.2) is 17.1 Å². The summed E-state index contributed by atoms with van der Waals surface area (Å²) in [5.74, 6) is 1.54. The van der Waals surface area contributed by atoms with Gasteiger partial charge in [0.1, 0.15) is 11.2 Å². The summed E-state index contributed by atoms with van der Waals surface area (Å²) in [6.45, 7) is 5.49. The molecule has 0 spiro atoms. The van der Waals surface area contributed by atoms with Crippen molar-refractivity contribution < 1.29 is 8.42 Å². The normalized spacial score (nSPS) is 16.8. The minimum Gasteiger partial charge on any atom is -0.382 e. The van der Waals surface area contributed by atoms with E-state index in [4.69, 9.17) is 5.73 Å². The molecule has 0 unspecified atom stereocenters.